The van der Waals surface area contributed by atoms with Gasteiger partial charge in [0.15, 0.2) is 0 Å². The summed E-state index contributed by atoms with van der Waals surface area (Å²) in [5.74, 6) is -0.412. The first-order valence-corrected chi connectivity index (χ1v) is 9.98. The van der Waals surface area contributed by atoms with E-state index >= 15 is 0 Å². The minimum Gasteiger partial charge on any atom is -0.487 e. The Morgan fingerprint density at radius 2 is 1.75 bits per heavy atom. The second kappa shape index (κ2) is 8.31. The molecule has 2 aromatic carbocycles. The van der Waals surface area contributed by atoms with Crippen LogP contribution in [0.1, 0.15) is 16.1 Å². The molecule has 0 spiro atoms. The third-order valence-electron chi connectivity index (χ3n) is 5.18. The van der Waals surface area contributed by atoms with E-state index < -0.39 is 5.97 Å². The fourth-order valence-electron chi connectivity index (χ4n) is 3.58. The highest BCUT2D eigenvalue weighted by Crippen LogP contribution is 2.31. The summed E-state index contributed by atoms with van der Waals surface area (Å²) in [6.07, 6.45) is 5.28. The molecule has 0 unspecified atom stereocenters. The molecule has 32 heavy (non-hydrogen) atoms. The average Bonchev–Trinajstić information content (AvgIpc) is 3.33. The van der Waals surface area contributed by atoms with Gasteiger partial charge in [-0.1, -0.05) is 18.2 Å². The molecule has 0 fully saturated rings. The van der Waals surface area contributed by atoms with Gasteiger partial charge in [0.05, 0.1) is 28.7 Å². The number of para-hydroxylation sites is 1. The van der Waals surface area contributed by atoms with Crippen molar-refractivity contribution >= 4 is 16.9 Å². The van der Waals surface area contributed by atoms with Crippen LogP contribution in [0.5, 0.6) is 5.75 Å². The molecular formula is C25H18N4O3. The van der Waals surface area contributed by atoms with Crippen molar-refractivity contribution in [1.82, 2.24) is 20.2 Å². The molecule has 0 aliphatic heterocycles. The number of carbonyl (C=O) groups is 1. The molecule has 7 nitrogen and oxygen atoms in total. The number of carboxylic acids is 1. The van der Waals surface area contributed by atoms with E-state index in [0.29, 0.717) is 11.4 Å². The lowest BCUT2D eigenvalue weighted by Crippen LogP contribution is -2.08. The molecule has 0 amide bonds. The van der Waals surface area contributed by atoms with Crippen molar-refractivity contribution in [2.45, 2.75) is 6.61 Å². The number of aromatic nitrogens is 4. The number of carboxylic acid groups (broad SMARTS) is 1. The van der Waals surface area contributed by atoms with E-state index in [1.807, 2.05) is 60.7 Å². The Bertz CT molecular complexity index is 1400. The molecule has 156 valence electrons. The van der Waals surface area contributed by atoms with Gasteiger partial charge in [0.25, 0.3) is 0 Å². The van der Waals surface area contributed by atoms with Gasteiger partial charge in [-0.05, 0) is 54.1 Å². The maximum absolute atomic E-state index is 11.7. The van der Waals surface area contributed by atoms with Crippen LogP contribution < -0.4 is 4.74 Å². The molecule has 0 bridgehead atoms. The number of rotatable bonds is 6. The quantitative estimate of drug-likeness (QED) is 0.401. The molecule has 3 aromatic heterocycles. The van der Waals surface area contributed by atoms with Crippen molar-refractivity contribution in [3.05, 3.63) is 96.6 Å². The summed E-state index contributed by atoms with van der Waals surface area (Å²) < 4.78 is 5.86. The highest BCUT2D eigenvalue weighted by Gasteiger charge is 2.14. The van der Waals surface area contributed by atoms with Gasteiger partial charge in [0.1, 0.15) is 12.4 Å². The van der Waals surface area contributed by atoms with Gasteiger partial charge < -0.3 is 9.84 Å². The summed E-state index contributed by atoms with van der Waals surface area (Å²) in [5, 5.41) is 17.6. The van der Waals surface area contributed by atoms with Gasteiger partial charge in [0.2, 0.25) is 0 Å². The third-order valence-corrected chi connectivity index (χ3v) is 5.18. The summed E-state index contributed by atoms with van der Waals surface area (Å²) in [7, 11) is 0. The van der Waals surface area contributed by atoms with Gasteiger partial charge >= 0.3 is 5.97 Å². The van der Waals surface area contributed by atoms with E-state index in [-0.39, 0.29) is 12.2 Å². The Hall–Kier alpha value is -4.52. The lowest BCUT2D eigenvalue weighted by Gasteiger charge is -2.10. The minimum atomic E-state index is -1.03. The topological polar surface area (TPSA) is 101 Å². The number of fused-ring (bicyclic) bond motifs is 1. The molecule has 0 saturated carbocycles. The van der Waals surface area contributed by atoms with E-state index in [2.05, 4.69) is 20.2 Å². The minimum absolute atomic E-state index is 0.0537. The van der Waals surface area contributed by atoms with Crippen LogP contribution in [0, 0.1) is 0 Å². The number of aromatic amines is 1. The second-order valence-corrected chi connectivity index (χ2v) is 7.19. The summed E-state index contributed by atoms with van der Waals surface area (Å²) >= 11 is 0. The molecule has 7 heteroatoms. The van der Waals surface area contributed by atoms with Crippen molar-refractivity contribution < 1.29 is 14.6 Å². The Morgan fingerprint density at radius 3 is 2.53 bits per heavy atom. The second-order valence-electron chi connectivity index (χ2n) is 7.19. The Labute approximate surface area is 183 Å². The van der Waals surface area contributed by atoms with Gasteiger partial charge in [-0.2, -0.15) is 5.10 Å². The summed E-state index contributed by atoms with van der Waals surface area (Å²) in [6.45, 7) is 0.0537. The van der Waals surface area contributed by atoms with Crippen molar-refractivity contribution in [2.75, 3.05) is 0 Å². The molecule has 2 N–H and O–H groups in total. The summed E-state index contributed by atoms with van der Waals surface area (Å²) in [4.78, 5) is 20.2. The zero-order valence-electron chi connectivity index (χ0n) is 16.9. The number of hydrogen-bond donors (Lipinski definition) is 2. The van der Waals surface area contributed by atoms with E-state index in [1.54, 1.807) is 24.7 Å². The molecular weight excluding hydrogens is 404 g/mol. The number of nitrogens with one attached hydrogen (secondary N) is 1. The first-order valence-electron chi connectivity index (χ1n) is 9.98. The number of benzene rings is 2. The van der Waals surface area contributed by atoms with E-state index in [0.717, 1.165) is 33.3 Å². The summed E-state index contributed by atoms with van der Waals surface area (Å²) in [6, 6.07) is 20.5. The van der Waals surface area contributed by atoms with Gasteiger partial charge in [0, 0.05) is 28.9 Å². The van der Waals surface area contributed by atoms with Crippen molar-refractivity contribution in [1.29, 1.82) is 0 Å². The number of ether oxygens (including phenoxy) is 1. The number of pyridine rings is 2. The van der Waals surface area contributed by atoms with Crippen LogP contribution in [0.4, 0.5) is 0 Å². The van der Waals surface area contributed by atoms with Crippen LogP contribution in [0.2, 0.25) is 0 Å². The first kappa shape index (κ1) is 19.4. The molecule has 0 aliphatic rings. The van der Waals surface area contributed by atoms with Crippen LogP contribution in [-0.2, 0) is 6.61 Å². The maximum atomic E-state index is 11.7. The summed E-state index contributed by atoms with van der Waals surface area (Å²) in [5.41, 5.74) is 5.10. The molecule has 0 radical (unpaired) electrons. The highest BCUT2D eigenvalue weighted by atomic mass is 16.5. The smallest absolute Gasteiger partial charge is 0.337 e. The predicted octanol–water partition coefficient (Wildman–Crippen LogP) is 4.96. The number of H-pyrrole nitrogens is 1. The average molecular weight is 422 g/mol. The van der Waals surface area contributed by atoms with Crippen LogP contribution in [0.25, 0.3) is 33.3 Å². The van der Waals surface area contributed by atoms with Crippen LogP contribution in [0.15, 0.2) is 85.3 Å². The van der Waals surface area contributed by atoms with Crippen molar-refractivity contribution in [3.63, 3.8) is 0 Å². The zero-order valence-corrected chi connectivity index (χ0v) is 16.9. The first-order chi connectivity index (χ1) is 15.7. The van der Waals surface area contributed by atoms with E-state index in [9.17, 15) is 9.90 Å². The lowest BCUT2D eigenvalue weighted by atomic mass is 10.0. The monoisotopic (exact) mass is 422 g/mol. The highest BCUT2D eigenvalue weighted by molar-refractivity contribution is 5.94. The zero-order chi connectivity index (χ0) is 21.9. The van der Waals surface area contributed by atoms with Crippen molar-refractivity contribution in [2.24, 2.45) is 0 Å². The fraction of sp³-hybridized carbons (Fsp3) is 0.0400. The Balaban J connectivity index is 1.37. The SMILES string of the molecule is O=C(O)c1cc2ccccc2nc1COc1ccc(-c2[nH]ncc2-c2ccncc2)cc1. The molecule has 0 aliphatic carbocycles. The number of nitrogens with zero attached hydrogens (tertiary/aromatic N) is 3. The largest absolute Gasteiger partial charge is 0.487 e. The Morgan fingerprint density at radius 1 is 0.969 bits per heavy atom. The number of aromatic carboxylic acids is 1. The molecule has 5 rings (SSSR count). The van der Waals surface area contributed by atoms with E-state index in [4.69, 9.17) is 4.74 Å². The van der Waals surface area contributed by atoms with Gasteiger partial charge in [-0.25, -0.2) is 9.78 Å². The van der Waals surface area contributed by atoms with Gasteiger partial charge in [-0.3, -0.25) is 10.1 Å². The Kier molecular flexibility index (Phi) is 5.05. The lowest BCUT2D eigenvalue weighted by molar-refractivity contribution is 0.0693. The van der Waals surface area contributed by atoms with Gasteiger partial charge in [-0.15, -0.1) is 0 Å². The van der Waals surface area contributed by atoms with E-state index in [1.165, 1.54) is 0 Å². The number of hydrogen-bond acceptors (Lipinski definition) is 5. The third kappa shape index (κ3) is 3.79. The molecule has 0 saturated heterocycles. The maximum Gasteiger partial charge on any atom is 0.337 e. The molecule has 3 heterocycles. The molecule has 5 aromatic rings. The normalized spacial score (nSPS) is 10.9. The van der Waals surface area contributed by atoms with Crippen LogP contribution >= 0.6 is 0 Å². The standard InChI is InChI=1S/C25H18N4O3/c30-25(31)20-13-18-3-1-2-4-22(18)28-23(20)15-32-19-7-5-17(6-8-19)24-21(14-27-29-24)16-9-11-26-12-10-16/h1-14H,15H2,(H,27,29)(H,30,31). The van der Waals surface area contributed by atoms with Crippen LogP contribution in [-0.4, -0.2) is 31.2 Å². The van der Waals surface area contributed by atoms with Crippen LogP contribution in [0.3, 0.4) is 0 Å². The predicted molar refractivity (Wildman–Crippen MR) is 120 cm³/mol. The molecule has 0 atom stereocenters. The fourth-order valence-corrected chi connectivity index (χ4v) is 3.58. The van der Waals surface area contributed by atoms with Crippen molar-refractivity contribution in [3.8, 4) is 28.1 Å².